The molecule has 0 bridgehead atoms. The smallest absolute Gasteiger partial charge is 0.338 e. The Kier molecular flexibility index (Phi) is 3.76. The number of oxazole rings is 1. The van der Waals surface area contributed by atoms with Crippen LogP contribution in [0.3, 0.4) is 0 Å². The summed E-state index contributed by atoms with van der Waals surface area (Å²) in [6.07, 6.45) is 4.68. The molecule has 7 heteroatoms. The van der Waals surface area contributed by atoms with E-state index in [-0.39, 0.29) is 6.61 Å². The Morgan fingerprint density at radius 1 is 1.17 bits per heavy atom. The third-order valence-corrected chi connectivity index (χ3v) is 4.20. The number of hydrogen-bond donors (Lipinski definition) is 0. The molecule has 0 spiro atoms. The van der Waals surface area contributed by atoms with Crippen molar-refractivity contribution in [3.05, 3.63) is 65.6 Å². The van der Waals surface area contributed by atoms with Gasteiger partial charge in [0.05, 0.1) is 21.5 Å². The highest BCUT2D eigenvalue weighted by Crippen LogP contribution is 2.24. The van der Waals surface area contributed by atoms with Crippen molar-refractivity contribution < 1.29 is 13.9 Å². The Bertz CT molecular complexity index is 995. The monoisotopic (exact) mass is 337 g/mol. The molecule has 0 N–H and O–H groups in total. The highest BCUT2D eigenvalue weighted by molar-refractivity contribution is 7.13. The van der Waals surface area contributed by atoms with Crippen molar-refractivity contribution in [1.82, 2.24) is 15.0 Å². The number of nitrogens with zero attached hydrogens (tertiary/aromatic N) is 3. The molecule has 0 aliphatic carbocycles. The lowest BCUT2D eigenvalue weighted by Gasteiger charge is -2.03. The minimum absolute atomic E-state index is 0.0478. The number of rotatable bonds is 4. The number of esters is 1. The van der Waals surface area contributed by atoms with Gasteiger partial charge in [-0.05, 0) is 29.6 Å². The van der Waals surface area contributed by atoms with E-state index in [1.54, 1.807) is 30.6 Å². The van der Waals surface area contributed by atoms with Gasteiger partial charge in [0.25, 0.3) is 0 Å². The van der Waals surface area contributed by atoms with Crippen LogP contribution in [0.1, 0.15) is 16.1 Å². The third-order valence-electron chi connectivity index (χ3n) is 3.34. The third kappa shape index (κ3) is 2.89. The second-order valence-electron chi connectivity index (χ2n) is 4.96. The molecule has 3 heterocycles. The molecule has 118 valence electrons. The molecule has 6 nitrogen and oxygen atoms in total. The van der Waals surface area contributed by atoms with E-state index in [1.807, 2.05) is 17.5 Å². The minimum atomic E-state index is -0.441. The zero-order valence-electron chi connectivity index (χ0n) is 12.4. The van der Waals surface area contributed by atoms with Gasteiger partial charge >= 0.3 is 5.97 Å². The predicted octanol–water partition coefficient (Wildman–Crippen LogP) is 3.70. The summed E-state index contributed by atoms with van der Waals surface area (Å²) in [6.45, 7) is 0.0478. The van der Waals surface area contributed by atoms with Crippen LogP contribution < -0.4 is 0 Å². The molecule has 3 aromatic heterocycles. The van der Waals surface area contributed by atoms with Crippen LogP contribution in [0.4, 0.5) is 0 Å². The highest BCUT2D eigenvalue weighted by Gasteiger charge is 2.12. The summed E-state index contributed by atoms with van der Waals surface area (Å²) in [4.78, 5) is 25.8. The number of aromatic nitrogens is 3. The van der Waals surface area contributed by atoms with Crippen LogP contribution in [0.25, 0.3) is 21.8 Å². The van der Waals surface area contributed by atoms with E-state index < -0.39 is 5.97 Å². The molecule has 0 fully saturated rings. The minimum Gasteiger partial charge on any atom is -0.455 e. The van der Waals surface area contributed by atoms with Crippen molar-refractivity contribution in [2.75, 3.05) is 0 Å². The number of benzene rings is 1. The lowest BCUT2D eigenvalue weighted by molar-refractivity contribution is 0.0468. The van der Waals surface area contributed by atoms with Gasteiger partial charge in [0.1, 0.15) is 18.6 Å². The molecule has 4 rings (SSSR count). The second-order valence-corrected chi connectivity index (χ2v) is 5.90. The van der Waals surface area contributed by atoms with Crippen LogP contribution in [0, 0.1) is 0 Å². The van der Waals surface area contributed by atoms with E-state index in [9.17, 15) is 4.79 Å². The van der Waals surface area contributed by atoms with Crippen molar-refractivity contribution in [1.29, 1.82) is 0 Å². The van der Waals surface area contributed by atoms with Gasteiger partial charge in [0.15, 0.2) is 0 Å². The van der Waals surface area contributed by atoms with Gasteiger partial charge < -0.3 is 9.15 Å². The van der Waals surface area contributed by atoms with Crippen LogP contribution in [-0.4, -0.2) is 20.9 Å². The number of ether oxygens (including phenoxy) is 1. The van der Waals surface area contributed by atoms with Gasteiger partial charge in [-0.3, -0.25) is 9.97 Å². The Balaban J connectivity index is 1.46. The first-order valence-corrected chi connectivity index (χ1v) is 8.04. The Labute approximate surface area is 140 Å². The number of fused-ring (bicyclic) bond motifs is 1. The Hall–Kier alpha value is -3.06. The lowest BCUT2D eigenvalue weighted by atomic mass is 10.2. The largest absolute Gasteiger partial charge is 0.455 e. The van der Waals surface area contributed by atoms with Gasteiger partial charge in [-0.25, -0.2) is 9.78 Å². The van der Waals surface area contributed by atoms with E-state index in [1.165, 1.54) is 17.6 Å². The van der Waals surface area contributed by atoms with Gasteiger partial charge in [-0.15, -0.1) is 11.3 Å². The predicted molar refractivity (Wildman–Crippen MR) is 88.5 cm³/mol. The first-order valence-electron chi connectivity index (χ1n) is 7.16. The maximum absolute atomic E-state index is 12.2. The first-order chi connectivity index (χ1) is 11.8. The molecule has 0 saturated heterocycles. The standard InChI is InChI=1S/C17H11N3O3S/c21-17(11-3-4-13-14(8-11)19-6-5-18-13)23-10-12-9-22-16(20-12)15-2-1-7-24-15/h1-9H,10H2. The fourth-order valence-electron chi connectivity index (χ4n) is 2.20. The van der Waals surface area contributed by atoms with E-state index in [2.05, 4.69) is 15.0 Å². The molecule has 0 radical (unpaired) electrons. The number of carbonyl (C=O) groups excluding carboxylic acids is 1. The van der Waals surface area contributed by atoms with Crippen molar-refractivity contribution >= 4 is 28.3 Å². The van der Waals surface area contributed by atoms with E-state index in [0.29, 0.717) is 22.7 Å². The van der Waals surface area contributed by atoms with Crippen molar-refractivity contribution in [2.24, 2.45) is 0 Å². The maximum Gasteiger partial charge on any atom is 0.338 e. The van der Waals surface area contributed by atoms with Gasteiger partial charge in [0, 0.05) is 12.4 Å². The van der Waals surface area contributed by atoms with E-state index in [0.717, 1.165) is 10.4 Å². The van der Waals surface area contributed by atoms with Crippen LogP contribution in [0.2, 0.25) is 0 Å². The summed E-state index contributed by atoms with van der Waals surface area (Å²) in [7, 11) is 0. The van der Waals surface area contributed by atoms with Crippen molar-refractivity contribution in [3.63, 3.8) is 0 Å². The lowest BCUT2D eigenvalue weighted by Crippen LogP contribution is -2.05. The molecule has 0 unspecified atom stereocenters. The second kappa shape index (κ2) is 6.21. The zero-order valence-corrected chi connectivity index (χ0v) is 13.2. The Morgan fingerprint density at radius 2 is 2.04 bits per heavy atom. The number of carbonyl (C=O) groups is 1. The summed E-state index contributed by atoms with van der Waals surface area (Å²) >= 11 is 1.53. The molecular formula is C17H11N3O3S. The first kappa shape index (κ1) is 14.5. The highest BCUT2D eigenvalue weighted by atomic mass is 32.1. The van der Waals surface area contributed by atoms with Crippen molar-refractivity contribution in [2.45, 2.75) is 6.61 Å². The van der Waals surface area contributed by atoms with Crippen LogP contribution in [-0.2, 0) is 11.3 Å². The fourth-order valence-corrected chi connectivity index (χ4v) is 2.86. The molecule has 1 aromatic carbocycles. The fraction of sp³-hybridized carbons (Fsp3) is 0.0588. The van der Waals surface area contributed by atoms with E-state index >= 15 is 0 Å². The average Bonchev–Trinajstić information content (AvgIpc) is 3.30. The average molecular weight is 337 g/mol. The topological polar surface area (TPSA) is 78.1 Å². The molecule has 0 aliphatic heterocycles. The van der Waals surface area contributed by atoms with E-state index in [4.69, 9.17) is 9.15 Å². The van der Waals surface area contributed by atoms with Crippen LogP contribution in [0.15, 0.2) is 58.8 Å². The molecule has 4 aromatic rings. The molecule has 0 amide bonds. The summed E-state index contributed by atoms with van der Waals surface area (Å²) in [5, 5.41) is 1.95. The quantitative estimate of drug-likeness (QED) is 0.528. The SMILES string of the molecule is O=C(OCc1coc(-c2cccs2)n1)c1ccc2nccnc2c1. The maximum atomic E-state index is 12.2. The molecule has 0 atom stereocenters. The summed E-state index contributed by atoms with van der Waals surface area (Å²) in [6, 6.07) is 8.91. The number of thiophene rings is 1. The molecular weight excluding hydrogens is 326 g/mol. The Morgan fingerprint density at radius 3 is 2.88 bits per heavy atom. The number of hydrogen-bond acceptors (Lipinski definition) is 7. The van der Waals surface area contributed by atoms with Gasteiger partial charge in [0.2, 0.25) is 5.89 Å². The summed E-state index contributed by atoms with van der Waals surface area (Å²) in [5.74, 6) is 0.0836. The van der Waals surface area contributed by atoms with Crippen LogP contribution in [0.5, 0.6) is 0 Å². The molecule has 24 heavy (non-hydrogen) atoms. The van der Waals surface area contributed by atoms with Crippen molar-refractivity contribution in [3.8, 4) is 10.8 Å². The van der Waals surface area contributed by atoms with Gasteiger partial charge in [-0.1, -0.05) is 6.07 Å². The summed E-state index contributed by atoms with van der Waals surface area (Å²) < 4.78 is 10.7. The molecule has 0 saturated carbocycles. The summed E-state index contributed by atoms with van der Waals surface area (Å²) in [5.41, 5.74) is 2.36. The normalized spacial score (nSPS) is 10.8. The van der Waals surface area contributed by atoms with Gasteiger partial charge in [-0.2, -0.15) is 0 Å². The molecule has 0 aliphatic rings. The van der Waals surface area contributed by atoms with Crippen LogP contribution >= 0.6 is 11.3 Å². The zero-order chi connectivity index (χ0) is 16.4.